The van der Waals surface area contributed by atoms with Gasteiger partial charge in [0, 0.05) is 11.9 Å². The first kappa shape index (κ1) is 16.6. The number of benzene rings is 2. The number of nitrogens with zero attached hydrogens (tertiary/aromatic N) is 2. The molecule has 1 heterocycles. The summed E-state index contributed by atoms with van der Waals surface area (Å²) in [7, 11) is 1.88. The number of carbonyl (C=O) groups is 1. The molecule has 1 aromatic heterocycles. The Morgan fingerprint density at radius 3 is 2.54 bits per heavy atom. The van der Waals surface area contributed by atoms with Crippen LogP contribution < -0.4 is 5.32 Å². The predicted octanol–water partition coefficient (Wildman–Crippen LogP) is 4.31. The summed E-state index contributed by atoms with van der Waals surface area (Å²) >= 11 is 1.57. The molecule has 1 amide bonds. The fourth-order valence-corrected chi connectivity index (χ4v) is 3.59. The maximum Gasteiger partial charge on any atom is 0.237 e. The number of anilines is 1. The van der Waals surface area contributed by atoms with Gasteiger partial charge in [-0.3, -0.25) is 9.48 Å². The third-order valence-electron chi connectivity index (χ3n) is 4.16. The van der Waals surface area contributed by atoms with Gasteiger partial charge in [0.25, 0.3) is 0 Å². The molecule has 0 saturated heterocycles. The standard InChI is InChI=1S/C19H21N3OS/c1-12-18(13(2)22(4)21-12)20-19(23)14(3)24-17-10-9-15-7-5-6-8-16(15)11-17/h5-11,14H,1-4H3,(H,20,23)/t14-/m0/s1. The number of thioether (sulfide) groups is 1. The fraction of sp³-hybridized carbons (Fsp3) is 0.263. The Bertz CT molecular complexity index is 901. The minimum absolute atomic E-state index is 0.00708. The number of amides is 1. The van der Waals surface area contributed by atoms with Crippen molar-refractivity contribution in [3.63, 3.8) is 0 Å². The first-order chi connectivity index (χ1) is 11.5. The summed E-state index contributed by atoms with van der Waals surface area (Å²) in [6, 6.07) is 14.5. The second-order valence-electron chi connectivity index (χ2n) is 5.93. The first-order valence-corrected chi connectivity index (χ1v) is 8.80. The molecule has 0 bridgehead atoms. The second-order valence-corrected chi connectivity index (χ2v) is 7.34. The lowest BCUT2D eigenvalue weighted by molar-refractivity contribution is -0.115. The molecule has 0 aliphatic carbocycles. The van der Waals surface area contributed by atoms with Crippen molar-refractivity contribution in [3.05, 3.63) is 53.9 Å². The molecule has 3 rings (SSSR count). The molecule has 0 fully saturated rings. The van der Waals surface area contributed by atoms with Crippen LogP contribution in [0, 0.1) is 13.8 Å². The van der Waals surface area contributed by atoms with Gasteiger partial charge in [-0.1, -0.05) is 30.3 Å². The van der Waals surface area contributed by atoms with Crippen LogP contribution >= 0.6 is 11.8 Å². The van der Waals surface area contributed by atoms with E-state index in [1.807, 2.05) is 40.0 Å². The van der Waals surface area contributed by atoms with E-state index in [1.54, 1.807) is 16.4 Å². The van der Waals surface area contributed by atoms with Gasteiger partial charge in [0.1, 0.15) is 0 Å². The number of fused-ring (bicyclic) bond motifs is 1. The lowest BCUT2D eigenvalue weighted by Crippen LogP contribution is -2.23. The Morgan fingerprint density at radius 2 is 1.88 bits per heavy atom. The number of hydrogen-bond donors (Lipinski definition) is 1. The minimum atomic E-state index is -0.190. The summed E-state index contributed by atoms with van der Waals surface area (Å²) in [5.41, 5.74) is 2.61. The van der Waals surface area contributed by atoms with E-state index in [0.717, 1.165) is 22.0 Å². The van der Waals surface area contributed by atoms with Gasteiger partial charge >= 0.3 is 0 Å². The molecule has 0 spiro atoms. The molecule has 0 unspecified atom stereocenters. The number of carbonyl (C=O) groups excluding carboxylic acids is 1. The molecule has 4 nitrogen and oxygen atoms in total. The highest BCUT2D eigenvalue weighted by molar-refractivity contribution is 8.00. The molecule has 1 N–H and O–H groups in total. The zero-order chi connectivity index (χ0) is 17.3. The summed E-state index contributed by atoms with van der Waals surface area (Å²) in [6.45, 7) is 5.79. The molecule has 3 aromatic rings. The van der Waals surface area contributed by atoms with Gasteiger partial charge in [-0.2, -0.15) is 5.10 Å². The number of hydrogen-bond acceptors (Lipinski definition) is 3. The van der Waals surface area contributed by atoms with Crippen LogP contribution in [-0.4, -0.2) is 20.9 Å². The van der Waals surface area contributed by atoms with E-state index in [4.69, 9.17) is 0 Å². The Morgan fingerprint density at radius 1 is 1.17 bits per heavy atom. The highest BCUT2D eigenvalue weighted by atomic mass is 32.2. The topological polar surface area (TPSA) is 46.9 Å². The molecule has 0 aliphatic rings. The van der Waals surface area contributed by atoms with Crippen LogP contribution in [0.2, 0.25) is 0 Å². The Hall–Kier alpha value is -2.27. The van der Waals surface area contributed by atoms with Crippen molar-refractivity contribution in [2.24, 2.45) is 7.05 Å². The molecule has 0 aliphatic heterocycles. The van der Waals surface area contributed by atoms with Gasteiger partial charge in [0.05, 0.1) is 22.3 Å². The number of nitrogens with one attached hydrogen (secondary N) is 1. The Kier molecular flexibility index (Phi) is 4.62. The third-order valence-corrected chi connectivity index (χ3v) is 5.25. The van der Waals surface area contributed by atoms with E-state index in [2.05, 4.69) is 40.7 Å². The summed E-state index contributed by atoms with van der Waals surface area (Å²) in [4.78, 5) is 13.6. The van der Waals surface area contributed by atoms with Gasteiger partial charge in [-0.15, -0.1) is 11.8 Å². The zero-order valence-corrected chi connectivity index (χ0v) is 15.1. The molecule has 24 heavy (non-hydrogen) atoms. The van der Waals surface area contributed by atoms with E-state index >= 15 is 0 Å². The maximum atomic E-state index is 12.5. The van der Waals surface area contributed by atoms with Crippen LogP contribution in [0.5, 0.6) is 0 Å². The summed E-state index contributed by atoms with van der Waals surface area (Å²) in [6.07, 6.45) is 0. The molecule has 2 aromatic carbocycles. The van der Waals surface area contributed by atoms with Crippen LogP contribution in [0.3, 0.4) is 0 Å². The summed E-state index contributed by atoms with van der Waals surface area (Å²) < 4.78 is 1.78. The fourth-order valence-electron chi connectivity index (χ4n) is 2.68. The average molecular weight is 339 g/mol. The van der Waals surface area contributed by atoms with Crippen LogP contribution in [0.4, 0.5) is 5.69 Å². The highest BCUT2D eigenvalue weighted by Crippen LogP contribution is 2.28. The quantitative estimate of drug-likeness (QED) is 0.721. The second kappa shape index (κ2) is 6.69. The monoisotopic (exact) mass is 339 g/mol. The van der Waals surface area contributed by atoms with Crippen molar-refractivity contribution in [2.45, 2.75) is 30.9 Å². The van der Waals surface area contributed by atoms with Crippen LogP contribution in [0.25, 0.3) is 10.8 Å². The zero-order valence-electron chi connectivity index (χ0n) is 14.3. The van der Waals surface area contributed by atoms with Gasteiger partial charge in [0.15, 0.2) is 0 Å². The highest BCUT2D eigenvalue weighted by Gasteiger charge is 2.18. The first-order valence-electron chi connectivity index (χ1n) is 7.92. The van der Waals surface area contributed by atoms with Gasteiger partial charge in [-0.25, -0.2) is 0 Å². The molecular weight excluding hydrogens is 318 g/mol. The number of aromatic nitrogens is 2. The number of rotatable bonds is 4. The van der Waals surface area contributed by atoms with Gasteiger partial charge in [0.2, 0.25) is 5.91 Å². The molecular formula is C19H21N3OS. The minimum Gasteiger partial charge on any atom is -0.322 e. The average Bonchev–Trinajstić information content (AvgIpc) is 2.81. The normalized spacial score (nSPS) is 12.3. The smallest absolute Gasteiger partial charge is 0.237 e. The largest absolute Gasteiger partial charge is 0.322 e. The van der Waals surface area contributed by atoms with Crippen molar-refractivity contribution < 1.29 is 4.79 Å². The van der Waals surface area contributed by atoms with Crippen LogP contribution in [-0.2, 0) is 11.8 Å². The lowest BCUT2D eigenvalue weighted by Gasteiger charge is -2.13. The van der Waals surface area contributed by atoms with E-state index < -0.39 is 0 Å². The van der Waals surface area contributed by atoms with Crippen LogP contribution in [0.1, 0.15) is 18.3 Å². The third kappa shape index (κ3) is 3.31. The van der Waals surface area contributed by atoms with Crippen molar-refractivity contribution in [3.8, 4) is 0 Å². The summed E-state index contributed by atoms with van der Waals surface area (Å²) in [5, 5.41) is 9.56. The maximum absolute atomic E-state index is 12.5. The van der Waals surface area contributed by atoms with Gasteiger partial charge in [-0.05, 0) is 43.7 Å². The SMILES string of the molecule is Cc1nn(C)c(C)c1NC(=O)[C@H](C)Sc1ccc2ccccc2c1. The van der Waals surface area contributed by atoms with E-state index in [9.17, 15) is 4.79 Å². The van der Waals surface area contributed by atoms with E-state index in [-0.39, 0.29) is 11.2 Å². The lowest BCUT2D eigenvalue weighted by atomic mass is 10.1. The molecule has 124 valence electrons. The Balaban J connectivity index is 1.73. The molecule has 5 heteroatoms. The van der Waals surface area contributed by atoms with E-state index in [1.165, 1.54) is 10.8 Å². The number of aryl methyl sites for hydroxylation is 2. The molecule has 0 radical (unpaired) electrons. The predicted molar refractivity (Wildman–Crippen MR) is 101 cm³/mol. The van der Waals surface area contributed by atoms with Crippen molar-refractivity contribution in [1.82, 2.24) is 9.78 Å². The Labute approximate surface area is 146 Å². The molecule has 1 atom stereocenters. The summed E-state index contributed by atoms with van der Waals surface area (Å²) in [5.74, 6) is -0.00708. The van der Waals surface area contributed by atoms with Crippen molar-refractivity contribution in [2.75, 3.05) is 5.32 Å². The van der Waals surface area contributed by atoms with Crippen molar-refractivity contribution in [1.29, 1.82) is 0 Å². The van der Waals surface area contributed by atoms with E-state index in [0.29, 0.717) is 0 Å². The van der Waals surface area contributed by atoms with Crippen molar-refractivity contribution >= 4 is 34.1 Å². The molecule has 0 saturated carbocycles. The van der Waals surface area contributed by atoms with Gasteiger partial charge < -0.3 is 5.32 Å². The van der Waals surface area contributed by atoms with Crippen LogP contribution in [0.15, 0.2) is 47.4 Å².